The molecule has 23 heavy (non-hydrogen) atoms. The summed E-state index contributed by atoms with van der Waals surface area (Å²) in [6, 6.07) is 3.74. The molecule has 0 radical (unpaired) electrons. The zero-order valence-electron chi connectivity index (χ0n) is 14.2. The van der Waals surface area contributed by atoms with E-state index in [1.807, 2.05) is 46.8 Å². The molecule has 2 rings (SSSR count). The maximum Gasteiger partial charge on any atom is 0.241 e. The third-order valence-corrected chi connectivity index (χ3v) is 5.25. The number of aromatic nitrogens is 2. The van der Waals surface area contributed by atoms with E-state index >= 15 is 0 Å². The second-order valence-corrected chi connectivity index (χ2v) is 7.77. The Morgan fingerprint density at radius 3 is 2.26 bits per heavy atom. The lowest BCUT2D eigenvalue weighted by Gasteiger charge is -2.12. The Morgan fingerprint density at radius 1 is 1.13 bits per heavy atom. The van der Waals surface area contributed by atoms with Gasteiger partial charge in [0.1, 0.15) is 0 Å². The highest BCUT2D eigenvalue weighted by Crippen LogP contribution is 2.21. The van der Waals surface area contributed by atoms with Gasteiger partial charge in [-0.05, 0) is 31.9 Å². The SMILES string of the molecule is Cc1cc(C)c(S(=O)(=O)NCCc2nnc(C(C)C)o2)c(C)c1. The van der Waals surface area contributed by atoms with Crippen molar-refractivity contribution in [3.05, 3.63) is 40.6 Å². The molecule has 1 N–H and O–H groups in total. The van der Waals surface area contributed by atoms with Gasteiger partial charge in [0, 0.05) is 18.9 Å². The lowest BCUT2D eigenvalue weighted by molar-refractivity contribution is 0.431. The van der Waals surface area contributed by atoms with Crippen LogP contribution in [-0.4, -0.2) is 25.2 Å². The van der Waals surface area contributed by atoms with Crippen molar-refractivity contribution in [1.82, 2.24) is 14.9 Å². The van der Waals surface area contributed by atoms with Gasteiger partial charge in [-0.1, -0.05) is 31.5 Å². The van der Waals surface area contributed by atoms with Crippen LogP contribution in [0.4, 0.5) is 0 Å². The Balaban J connectivity index is 2.07. The molecule has 0 saturated heterocycles. The van der Waals surface area contributed by atoms with Gasteiger partial charge in [0.15, 0.2) is 0 Å². The molecule has 7 heteroatoms. The molecule has 1 aromatic carbocycles. The third kappa shape index (κ3) is 4.17. The molecule has 0 aliphatic rings. The van der Waals surface area contributed by atoms with Crippen molar-refractivity contribution in [1.29, 1.82) is 0 Å². The monoisotopic (exact) mass is 337 g/mol. The van der Waals surface area contributed by atoms with Gasteiger partial charge in [0.2, 0.25) is 21.8 Å². The van der Waals surface area contributed by atoms with Crippen molar-refractivity contribution in [3.63, 3.8) is 0 Å². The minimum absolute atomic E-state index is 0.158. The van der Waals surface area contributed by atoms with Crippen molar-refractivity contribution in [3.8, 4) is 0 Å². The quantitative estimate of drug-likeness (QED) is 0.876. The van der Waals surface area contributed by atoms with Crippen LogP contribution < -0.4 is 4.72 Å². The summed E-state index contributed by atoms with van der Waals surface area (Å²) in [5.74, 6) is 1.16. The van der Waals surface area contributed by atoms with Crippen molar-refractivity contribution in [2.45, 2.75) is 51.9 Å². The van der Waals surface area contributed by atoms with Gasteiger partial charge in [0.25, 0.3) is 0 Å². The highest BCUT2D eigenvalue weighted by atomic mass is 32.2. The first kappa shape index (κ1) is 17.6. The van der Waals surface area contributed by atoms with Crippen LogP contribution in [0.3, 0.4) is 0 Å². The second-order valence-electron chi connectivity index (χ2n) is 6.06. The highest BCUT2D eigenvalue weighted by molar-refractivity contribution is 7.89. The molecule has 6 nitrogen and oxygen atoms in total. The average molecular weight is 337 g/mol. The first-order valence-corrected chi connectivity index (χ1v) is 9.09. The molecule has 1 aromatic heterocycles. The predicted octanol–water partition coefficient (Wildman–Crippen LogP) is 2.64. The van der Waals surface area contributed by atoms with Crippen LogP contribution in [0.5, 0.6) is 0 Å². The van der Waals surface area contributed by atoms with Crippen LogP contribution in [0, 0.1) is 20.8 Å². The van der Waals surface area contributed by atoms with Crippen molar-refractivity contribution in [2.75, 3.05) is 6.54 Å². The fourth-order valence-corrected chi connectivity index (χ4v) is 4.04. The molecule has 0 fully saturated rings. The molecule has 0 atom stereocenters. The van der Waals surface area contributed by atoms with Crippen molar-refractivity contribution in [2.24, 2.45) is 0 Å². The van der Waals surface area contributed by atoms with E-state index in [0.717, 1.165) is 16.7 Å². The molecular formula is C16H23N3O3S. The first-order valence-electron chi connectivity index (χ1n) is 7.60. The number of rotatable bonds is 6. The second kappa shape index (κ2) is 6.80. The van der Waals surface area contributed by atoms with Crippen LogP contribution in [0.1, 0.15) is 48.2 Å². The lowest BCUT2D eigenvalue weighted by Crippen LogP contribution is -2.27. The lowest BCUT2D eigenvalue weighted by atomic mass is 10.1. The van der Waals surface area contributed by atoms with Gasteiger partial charge in [-0.3, -0.25) is 0 Å². The number of benzene rings is 1. The molecule has 0 unspecified atom stereocenters. The maximum absolute atomic E-state index is 12.5. The fraction of sp³-hybridized carbons (Fsp3) is 0.500. The van der Waals surface area contributed by atoms with E-state index in [9.17, 15) is 8.42 Å². The van der Waals surface area contributed by atoms with Crippen LogP contribution in [-0.2, 0) is 16.4 Å². The predicted molar refractivity (Wildman–Crippen MR) is 87.9 cm³/mol. The van der Waals surface area contributed by atoms with E-state index in [0.29, 0.717) is 23.1 Å². The van der Waals surface area contributed by atoms with Gasteiger partial charge in [-0.2, -0.15) is 0 Å². The van der Waals surface area contributed by atoms with E-state index in [4.69, 9.17) is 4.42 Å². The van der Waals surface area contributed by atoms with Crippen molar-refractivity contribution < 1.29 is 12.8 Å². The minimum atomic E-state index is -3.56. The van der Waals surface area contributed by atoms with Gasteiger partial charge in [0.05, 0.1) is 4.90 Å². The molecule has 0 spiro atoms. The fourth-order valence-electron chi connectivity index (χ4n) is 2.56. The molecule has 0 bridgehead atoms. The zero-order chi connectivity index (χ0) is 17.2. The number of hydrogen-bond donors (Lipinski definition) is 1. The molecule has 0 aliphatic carbocycles. The zero-order valence-corrected chi connectivity index (χ0v) is 15.0. The topological polar surface area (TPSA) is 85.1 Å². The van der Waals surface area contributed by atoms with Crippen LogP contribution in [0.2, 0.25) is 0 Å². The summed E-state index contributed by atoms with van der Waals surface area (Å²) < 4.78 is 33.1. The molecule has 0 aliphatic heterocycles. The van der Waals surface area contributed by atoms with Crippen LogP contribution in [0.25, 0.3) is 0 Å². The summed E-state index contributed by atoms with van der Waals surface area (Å²) in [5.41, 5.74) is 2.54. The Labute approximate surface area is 137 Å². The number of nitrogens with zero attached hydrogens (tertiary/aromatic N) is 2. The number of aryl methyl sites for hydroxylation is 3. The maximum atomic E-state index is 12.5. The van der Waals surface area contributed by atoms with E-state index < -0.39 is 10.0 Å². The van der Waals surface area contributed by atoms with Crippen molar-refractivity contribution >= 4 is 10.0 Å². The molecule has 2 aromatic rings. The van der Waals surface area contributed by atoms with E-state index in [-0.39, 0.29) is 12.5 Å². The van der Waals surface area contributed by atoms with E-state index in [1.54, 1.807) is 0 Å². The van der Waals surface area contributed by atoms with Crippen LogP contribution >= 0.6 is 0 Å². The summed E-state index contributed by atoms with van der Waals surface area (Å²) in [5, 5.41) is 7.86. The summed E-state index contributed by atoms with van der Waals surface area (Å²) in [4.78, 5) is 0.344. The van der Waals surface area contributed by atoms with E-state index in [2.05, 4.69) is 14.9 Å². The van der Waals surface area contributed by atoms with Gasteiger partial charge >= 0.3 is 0 Å². The summed E-state index contributed by atoms with van der Waals surface area (Å²) in [6.45, 7) is 9.70. The standard InChI is InChI=1S/C16H23N3O3S/c1-10(2)16-19-18-14(22-16)6-7-17-23(20,21)15-12(4)8-11(3)9-13(15)5/h8-10,17H,6-7H2,1-5H3. The molecule has 0 saturated carbocycles. The smallest absolute Gasteiger partial charge is 0.241 e. The van der Waals surface area contributed by atoms with Crippen LogP contribution in [0.15, 0.2) is 21.4 Å². The average Bonchev–Trinajstić information content (AvgIpc) is 2.85. The largest absolute Gasteiger partial charge is 0.425 e. The Bertz CT molecular complexity index is 772. The third-order valence-electron chi connectivity index (χ3n) is 3.48. The van der Waals surface area contributed by atoms with Gasteiger partial charge in [-0.15, -0.1) is 10.2 Å². The molecule has 126 valence electrons. The summed E-state index contributed by atoms with van der Waals surface area (Å²) in [6.07, 6.45) is 0.364. The Morgan fingerprint density at radius 2 is 1.74 bits per heavy atom. The highest BCUT2D eigenvalue weighted by Gasteiger charge is 2.20. The van der Waals surface area contributed by atoms with E-state index in [1.165, 1.54) is 0 Å². The summed E-state index contributed by atoms with van der Waals surface area (Å²) >= 11 is 0. The summed E-state index contributed by atoms with van der Waals surface area (Å²) in [7, 11) is -3.56. The molecule has 0 amide bonds. The minimum Gasteiger partial charge on any atom is -0.425 e. The number of hydrogen-bond acceptors (Lipinski definition) is 5. The number of nitrogens with one attached hydrogen (secondary N) is 1. The number of sulfonamides is 1. The Kier molecular flexibility index (Phi) is 5.21. The first-order chi connectivity index (χ1) is 10.7. The normalized spacial score (nSPS) is 12.1. The molecular weight excluding hydrogens is 314 g/mol. The van der Waals surface area contributed by atoms with Gasteiger partial charge in [-0.25, -0.2) is 13.1 Å². The Hall–Kier alpha value is -1.73. The van der Waals surface area contributed by atoms with Gasteiger partial charge < -0.3 is 4.42 Å². The molecule has 1 heterocycles.